The molecular formula is C23H22N2O2. The van der Waals surface area contributed by atoms with Gasteiger partial charge in [-0.3, -0.25) is 9.69 Å². The van der Waals surface area contributed by atoms with Crippen molar-refractivity contribution in [2.75, 3.05) is 18.4 Å². The number of carbonyl (C=O) groups excluding carboxylic acids is 1. The average Bonchev–Trinajstić information content (AvgIpc) is 2.68. The summed E-state index contributed by atoms with van der Waals surface area (Å²) < 4.78 is 6.09. The van der Waals surface area contributed by atoms with Gasteiger partial charge in [0.15, 0.2) is 0 Å². The van der Waals surface area contributed by atoms with Gasteiger partial charge in [-0.15, -0.1) is 0 Å². The van der Waals surface area contributed by atoms with Crippen LogP contribution in [0.5, 0.6) is 5.75 Å². The molecule has 3 aromatic rings. The summed E-state index contributed by atoms with van der Waals surface area (Å²) in [4.78, 5) is 13.0. The van der Waals surface area contributed by atoms with Gasteiger partial charge in [-0.1, -0.05) is 66.7 Å². The third kappa shape index (κ3) is 4.01. The lowest BCUT2D eigenvalue weighted by Crippen LogP contribution is -2.55. The Morgan fingerprint density at radius 1 is 0.889 bits per heavy atom. The van der Waals surface area contributed by atoms with Gasteiger partial charge in [0.1, 0.15) is 11.9 Å². The molecule has 1 N–H and O–H groups in total. The fraction of sp³-hybridized carbons (Fsp3) is 0.174. The fourth-order valence-electron chi connectivity index (χ4n) is 3.56. The summed E-state index contributed by atoms with van der Waals surface area (Å²) in [5, 5.41) is 2.66. The largest absolute Gasteiger partial charge is 0.488 e. The lowest BCUT2D eigenvalue weighted by atomic mass is 9.94. The molecule has 0 atom stereocenters. The Balaban J connectivity index is 1.46. The first-order valence-corrected chi connectivity index (χ1v) is 9.14. The summed E-state index contributed by atoms with van der Waals surface area (Å²) in [6.07, 6.45) is 0.820. The van der Waals surface area contributed by atoms with E-state index in [9.17, 15) is 4.79 Å². The molecule has 1 heterocycles. The molecule has 0 aromatic heterocycles. The molecule has 0 unspecified atom stereocenters. The molecule has 0 aliphatic carbocycles. The van der Waals surface area contributed by atoms with Gasteiger partial charge in [0.2, 0.25) is 6.41 Å². The number of carbonyl (C=O) groups is 1. The summed E-state index contributed by atoms with van der Waals surface area (Å²) >= 11 is 0. The Bertz CT molecular complexity index is 838. The van der Waals surface area contributed by atoms with Crippen LogP contribution in [0.15, 0.2) is 84.9 Å². The van der Waals surface area contributed by atoms with Crippen molar-refractivity contribution >= 4 is 12.1 Å². The van der Waals surface area contributed by atoms with E-state index in [4.69, 9.17) is 4.74 Å². The standard InChI is InChI=1S/C23H22N2O2/c26-17-24-20-12-7-13-21(14-20)27-22-15-25(16-22)23(18-8-3-1-4-9-18)19-10-5-2-6-11-19/h1-14,17,22-23H,15-16H2,(H,24,26). The van der Waals surface area contributed by atoms with E-state index in [2.05, 4.69) is 58.7 Å². The van der Waals surface area contributed by atoms with E-state index < -0.39 is 0 Å². The van der Waals surface area contributed by atoms with Gasteiger partial charge < -0.3 is 10.1 Å². The SMILES string of the molecule is O=CNc1cccc(OC2CN(C(c3ccccc3)c3ccccc3)C2)c1. The van der Waals surface area contributed by atoms with Gasteiger partial charge in [0, 0.05) is 24.8 Å². The number of likely N-dealkylation sites (tertiary alicyclic amines) is 1. The molecule has 3 aromatic carbocycles. The van der Waals surface area contributed by atoms with Crippen LogP contribution in [0.4, 0.5) is 5.69 Å². The van der Waals surface area contributed by atoms with Crippen LogP contribution >= 0.6 is 0 Å². The second kappa shape index (κ2) is 8.06. The van der Waals surface area contributed by atoms with Gasteiger partial charge in [0.25, 0.3) is 0 Å². The molecule has 4 nitrogen and oxygen atoms in total. The van der Waals surface area contributed by atoms with Crippen LogP contribution in [0.3, 0.4) is 0 Å². The van der Waals surface area contributed by atoms with Crippen LogP contribution in [0.1, 0.15) is 17.2 Å². The zero-order chi connectivity index (χ0) is 18.5. The van der Waals surface area contributed by atoms with Crippen LogP contribution in [-0.4, -0.2) is 30.5 Å². The predicted molar refractivity (Wildman–Crippen MR) is 107 cm³/mol. The molecule has 4 rings (SSSR count). The van der Waals surface area contributed by atoms with Crippen molar-refractivity contribution in [2.24, 2.45) is 0 Å². The smallest absolute Gasteiger partial charge is 0.211 e. The second-order valence-corrected chi connectivity index (χ2v) is 6.71. The normalized spacial score (nSPS) is 14.6. The zero-order valence-electron chi connectivity index (χ0n) is 15.0. The van der Waals surface area contributed by atoms with Crippen LogP contribution in [0.25, 0.3) is 0 Å². The first kappa shape index (κ1) is 17.3. The van der Waals surface area contributed by atoms with Crippen LogP contribution in [0, 0.1) is 0 Å². The summed E-state index contributed by atoms with van der Waals surface area (Å²) in [5.74, 6) is 0.780. The minimum absolute atomic E-state index is 0.145. The molecule has 136 valence electrons. The van der Waals surface area contributed by atoms with E-state index in [0.29, 0.717) is 6.41 Å². The van der Waals surface area contributed by atoms with Crippen molar-refractivity contribution in [2.45, 2.75) is 12.1 Å². The number of nitrogens with one attached hydrogen (secondary N) is 1. The molecule has 0 bridgehead atoms. The molecular weight excluding hydrogens is 336 g/mol. The maximum atomic E-state index is 10.6. The number of hydrogen-bond donors (Lipinski definition) is 1. The number of benzene rings is 3. The zero-order valence-corrected chi connectivity index (χ0v) is 15.0. The molecule has 27 heavy (non-hydrogen) atoms. The lowest BCUT2D eigenvalue weighted by molar-refractivity contribution is -0.105. The van der Waals surface area contributed by atoms with Gasteiger partial charge in [-0.25, -0.2) is 0 Å². The topological polar surface area (TPSA) is 41.6 Å². The Morgan fingerprint density at radius 2 is 1.52 bits per heavy atom. The van der Waals surface area contributed by atoms with Crippen molar-refractivity contribution in [3.63, 3.8) is 0 Å². The van der Waals surface area contributed by atoms with E-state index >= 15 is 0 Å². The number of ether oxygens (including phenoxy) is 1. The molecule has 1 saturated heterocycles. The van der Waals surface area contributed by atoms with Crippen molar-refractivity contribution in [1.82, 2.24) is 4.90 Å². The van der Waals surface area contributed by atoms with Crippen molar-refractivity contribution in [3.05, 3.63) is 96.1 Å². The number of anilines is 1. The Morgan fingerprint density at radius 3 is 2.11 bits per heavy atom. The Labute approximate surface area is 159 Å². The molecule has 0 radical (unpaired) electrons. The van der Waals surface area contributed by atoms with E-state index in [1.54, 1.807) is 0 Å². The highest BCUT2D eigenvalue weighted by atomic mass is 16.5. The third-order valence-corrected chi connectivity index (χ3v) is 4.83. The monoisotopic (exact) mass is 358 g/mol. The van der Waals surface area contributed by atoms with Gasteiger partial charge in [-0.05, 0) is 23.3 Å². The quantitative estimate of drug-likeness (QED) is 0.646. The molecule has 0 saturated carbocycles. The Kier molecular flexibility index (Phi) is 5.17. The molecule has 1 fully saturated rings. The highest BCUT2D eigenvalue weighted by molar-refractivity contribution is 5.71. The van der Waals surface area contributed by atoms with Crippen molar-refractivity contribution < 1.29 is 9.53 Å². The minimum Gasteiger partial charge on any atom is -0.488 e. The lowest BCUT2D eigenvalue weighted by Gasteiger charge is -2.44. The van der Waals surface area contributed by atoms with E-state index in [0.717, 1.165) is 24.5 Å². The van der Waals surface area contributed by atoms with Crippen LogP contribution in [-0.2, 0) is 4.79 Å². The van der Waals surface area contributed by atoms with Crippen LogP contribution in [0.2, 0.25) is 0 Å². The Hall–Kier alpha value is -3.11. The number of rotatable bonds is 7. The molecule has 0 spiro atoms. The first-order valence-electron chi connectivity index (χ1n) is 9.14. The summed E-state index contributed by atoms with van der Waals surface area (Å²) in [6.45, 7) is 1.72. The summed E-state index contributed by atoms with van der Waals surface area (Å²) in [5.41, 5.74) is 3.32. The maximum Gasteiger partial charge on any atom is 0.211 e. The summed E-state index contributed by atoms with van der Waals surface area (Å²) in [6, 6.07) is 28.9. The number of amides is 1. The predicted octanol–water partition coefficient (Wildman–Crippen LogP) is 4.11. The van der Waals surface area contributed by atoms with Gasteiger partial charge in [0.05, 0.1) is 6.04 Å². The van der Waals surface area contributed by atoms with Crippen molar-refractivity contribution in [1.29, 1.82) is 0 Å². The molecule has 1 amide bonds. The minimum atomic E-state index is 0.145. The van der Waals surface area contributed by atoms with Crippen LogP contribution < -0.4 is 10.1 Å². The van der Waals surface area contributed by atoms with E-state index in [-0.39, 0.29) is 12.1 Å². The van der Waals surface area contributed by atoms with Crippen molar-refractivity contribution in [3.8, 4) is 5.75 Å². The number of nitrogens with zero attached hydrogens (tertiary/aromatic N) is 1. The molecule has 1 aliphatic heterocycles. The second-order valence-electron chi connectivity index (χ2n) is 6.71. The molecule has 1 aliphatic rings. The third-order valence-electron chi connectivity index (χ3n) is 4.83. The molecule has 4 heteroatoms. The number of hydrogen-bond acceptors (Lipinski definition) is 3. The average molecular weight is 358 g/mol. The highest BCUT2D eigenvalue weighted by Gasteiger charge is 2.35. The van der Waals surface area contributed by atoms with E-state index in [1.807, 2.05) is 36.4 Å². The maximum absolute atomic E-state index is 10.6. The van der Waals surface area contributed by atoms with Gasteiger partial charge in [-0.2, -0.15) is 0 Å². The van der Waals surface area contributed by atoms with E-state index in [1.165, 1.54) is 11.1 Å². The fourth-order valence-corrected chi connectivity index (χ4v) is 3.56. The summed E-state index contributed by atoms with van der Waals surface area (Å²) in [7, 11) is 0. The van der Waals surface area contributed by atoms with Gasteiger partial charge >= 0.3 is 0 Å². The first-order chi connectivity index (χ1) is 13.3. The highest BCUT2D eigenvalue weighted by Crippen LogP contribution is 2.33.